The molecule has 5 heteroatoms. The van der Waals surface area contributed by atoms with E-state index in [1.165, 1.54) is 12.1 Å². The van der Waals surface area contributed by atoms with E-state index in [1.807, 2.05) is 24.3 Å². The van der Waals surface area contributed by atoms with Crippen molar-refractivity contribution in [3.63, 3.8) is 0 Å². The molecule has 0 spiro atoms. The zero-order valence-corrected chi connectivity index (χ0v) is 12.1. The highest BCUT2D eigenvalue weighted by Gasteiger charge is 2.17. The number of carbonyl (C=O) groups is 1. The van der Waals surface area contributed by atoms with Crippen LogP contribution in [0.25, 0.3) is 0 Å². The van der Waals surface area contributed by atoms with E-state index in [0.29, 0.717) is 5.69 Å². The van der Waals surface area contributed by atoms with Gasteiger partial charge in [0, 0.05) is 9.26 Å². The Hall–Kier alpha value is -1.63. The van der Waals surface area contributed by atoms with Crippen molar-refractivity contribution in [1.29, 1.82) is 0 Å². The summed E-state index contributed by atoms with van der Waals surface area (Å²) >= 11 is 2.19. The van der Waals surface area contributed by atoms with E-state index in [1.54, 1.807) is 12.1 Å². The van der Waals surface area contributed by atoms with E-state index in [2.05, 4.69) is 27.9 Å². The molecule has 1 unspecified atom stereocenters. The summed E-state index contributed by atoms with van der Waals surface area (Å²) in [5, 5.41) is 3.00. The van der Waals surface area contributed by atoms with Gasteiger partial charge >= 0.3 is 0 Å². The zero-order chi connectivity index (χ0) is 13.8. The Kier molecular flexibility index (Phi) is 4.36. The first-order valence-corrected chi connectivity index (χ1v) is 6.71. The summed E-state index contributed by atoms with van der Waals surface area (Å²) in [6, 6.07) is 12.6. The maximum Gasteiger partial charge on any atom is 0.244 e. The van der Waals surface area contributed by atoms with Crippen molar-refractivity contribution in [3.05, 3.63) is 63.5 Å². The number of halogens is 2. The molecule has 98 valence electrons. The van der Waals surface area contributed by atoms with Crippen LogP contribution < -0.4 is 11.1 Å². The molecule has 3 N–H and O–H groups in total. The number of primary amides is 1. The van der Waals surface area contributed by atoms with Gasteiger partial charge in [0.1, 0.15) is 11.9 Å². The van der Waals surface area contributed by atoms with E-state index >= 15 is 0 Å². The molecule has 0 aliphatic rings. The molecule has 0 heterocycles. The minimum Gasteiger partial charge on any atom is -0.370 e. The summed E-state index contributed by atoms with van der Waals surface area (Å²) in [6.45, 7) is 0. The molecule has 19 heavy (non-hydrogen) atoms. The molecule has 0 saturated heterocycles. The molecule has 0 aromatic heterocycles. The van der Waals surface area contributed by atoms with Gasteiger partial charge in [-0.25, -0.2) is 4.39 Å². The Morgan fingerprint density at radius 2 is 1.68 bits per heavy atom. The zero-order valence-electron chi connectivity index (χ0n) is 9.94. The van der Waals surface area contributed by atoms with Gasteiger partial charge in [0.25, 0.3) is 0 Å². The molecular weight excluding hydrogens is 358 g/mol. The Bertz CT molecular complexity index is 569. The third-order valence-electron chi connectivity index (χ3n) is 2.64. The second kappa shape index (κ2) is 6.01. The fourth-order valence-electron chi connectivity index (χ4n) is 1.69. The molecule has 0 saturated carbocycles. The molecule has 0 radical (unpaired) electrons. The number of nitrogens with two attached hydrogens (primary N) is 1. The lowest BCUT2D eigenvalue weighted by molar-refractivity contribution is -0.118. The third kappa shape index (κ3) is 3.66. The van der Waals surface area contributed by atoms with E-state index in [9.17, 15) is 9.18 Å². The lowest BCUT2D eigenvalue weighted by Crippen LogP contribution is -2.27. The monoisotopic (exact) mass is 370 g/mol. The highest BCUT2D eigenvalue weighted by atomic mass is 127. The average Bonchev–Trinajstić information content (AvgIpc) is 2.39. The molecule has 0 bridgehead atoms. The Labute approximate surface area is 124 Å². The first-order chi connectivity index (χ1) is 9.06. The van der Waals surface area contributed by atoms with Gasteiger partial charge in [-0.05, 0) is 64.6 Å². The maximum absolute atomic E-state index is 12.8. The molecule has 2 aromatic rings. The van der Waals surface area contributed by atoms with E-state index in [-0.39, 0.29) is 5.82 Å². The normalized spacial score (nSPS) is 11.9. The van der Waals surface area contributed by atoms with Crippen LogP contribution in [0.2, 0.25) is 0 Å². The summed E-state index contributed by atoms with van der Waals surface area (Å²) in [7, 11) is 0. The van der Waals surface area contributed by atoms with Crippen LogP contribution in [-0.2, 0) is 4.79 Å². The molecule has 1 atom stereocenters. The van der Waals surface area contributed by atoms with Crippen molar-refractivity contribution in [2.45, 2.75) is 6.04 Å². The number of hydrogen-bond donors (Lipinski definition) is 2. The molecule has 3 nitrogen and oxygen atoms in total. The van der Waals surface area contributed by atoms with Crippen LogP contribution in [0.3, 0.4) is 0 Å². The molecule has 2 aromatic carbocycles. The Morgan fingerprint density at radius 1 is 1.11 bits per heavy atom. The standard InChI is InChI=1S/C14H12FIN2O/c15-10-3-7-12(8-4-10)18-13(14(17)19)9-1-5-11(16)6-2-9/h1-8,13,18H,(H2,17,19). The predicted octanol–water partition coefficient (Wildman–Crippen LogP) is 3.07. The van der Waals surface area contributed by atoms with E-state index < -0.39 is 11.9 Å². The van der Waals surface area contributed by atoms with Crippen molar-refractivity contribution in [2.75, 3.05) is 5.32 Å². The number of carbonyl (C=O) groups excluding carboxylic acids is 1. The summed E-state index contributed by atoms with van der Waals surface area (Å²) in [4.78, 5) is 11.5. The lowest BCUT2D eigenvalue weighted by atomic mass is 10.1. The van der Waals surface area contributed by atoms with Crippen LogP contribution in [0.15, 0.2) is 48.5 Å². The highest BCUT2D eigenvalue weighted by Crippen LogP contribution is 2.20. The van der Waals surface area contributed by atoms with Gasteiger partial charge in [-0.2, -0.15) is 0 Å². The second-order valence-corrected chi connectivity index (χ2v) is 5.28. The Morgan fingerprint density at radius 3 is 2.21 bits per heavy atom. The summed E-state index contributed by atoms with van der Waals surface area (Å²) in [6.07, 6.45) is 0. The van der Waals surface area contributed by atoms with Crippen LogP contribution in [-0.4, -0.2) is 5.91 Å². The largest absolute Gasteiger partial charge is 0.370 e. The van der Waals surface area contributed by atoms with Crippen molar-refractivity contribution >= 4 is 34.2 Å². The van der Waals surface area contributed by atoms with Crippen LogP contribution in [0, 0.1) is 9.39 Å². The number of nitrogens with one attached hydrogen (secondary N) is 1. The Balaban J connectivity index is 2.23. The fourth-order valence-corrected chi connectivity index (χ4v) is 2.05. The second-order valence-electron chi connectivity index (χ2n) is 4.04. The molecule has 2 rings (SSSR count). The SMILES string of the molecule is NC(=O)C(Nc1ccc(F)cc1)c1ccc(I)cc1. The smallest absolute Gasteiger partial charge is 0.244 e. The number of hydrogen-bond acceptors (Lipinski definition) is 2. The van der Waals surface area contributed by atoms with Gasteiger partial charge in [-0.15, -0.1) is 0 Å². The minimum absolute atomic E-state index is 0.324. The first kappa shape index (κ1) is 13.8. The van der Waals surface area contributed by atoms with Gasteiger partial charge in [-0.1, -0.05) is 12.1 Å². The quantitative estimate of drug-likeness (QED) is 0.813. The summed E-state index contributed by atoms with van der Waals surface area (Å²) in [5.41, 5.74) is 6.82. The number of amides is 1. The van der Waals surface area contributed by atoms with Crippen LogP contribution in [0.4, 0.5) is 10.1 Å². The maximum atomic E-state index is 12.8. The number of anilines is 1. The van der Waals surface area contributed by atoms with E-state index in [0.717, 1.165) is 9.13 Å². The van der Waals surface area contributed by atoms with Crippen LogP contribution in [0.5, 0.6) is 0 Å². The topological polar surface area (TPSA) is 55.1 Å². The number of benzene rings is 2. The highest BCUT2D eigenvalue weighted by molar-refractivity contribution is 14.1. The van der Waals surface area contributed by atoms with Crippen LogP contribution >= 0.6 is 22.6 Å². The first-order valence-electron chi connectivity index (χ1n) is 5.63. The average molecular weight is 370 g/mol. The van der Waals surface area contributed by atoms with E-state index in [4.69, 9.17) is 5.73 Å². The van der Waals surface area contributed by atoms with Crippen LogP contribution in [0.1, 0.15) is 11.6 Å². The molecule has 1 amide bonds. The summed E-state index contributed by atoms with van der Waals surface area (Å²) < 4.78 is 13.9. The minimum atomic E-state index is -0.637. The lowest BCUT2D eigenvalue weighted by Gasteiger charge is -2.17. The third-order valence-corrected chi connectivity index (χ3v) is 3.36. The van der Waals surface area contributed by atoms with Gasteiger partial charge in [-0.3, -0.25) is 4.79 Å². The number of rotatable bonds is 4. The van der Waals surface area contributed by atoms with Crippen molar-refractivity contribution in [1.82, 2.24) is 0 Å². The molecular formula is C14H12FIN2O. The molecule has 0 fully saturated rings. The molecule has 0 aliphatic heterocycles. The van der Waals surface area contributed by atoms with Crippen molar-refractivity contribution in [3.8, 4) is 0 Å². The van der Waals surface area contributed by atoms with Crippen molar-refractivity contribution in [2.24, 2.45) is 5.73 Å². The van der Waals surface area contributed by atoms with Gasteiger partial charge in [0.05, 0.1) is 0 Å². The van der Waals surface area contributed by atoms with Gasteiger partial charge in [0.15, 0.2) is 0 Å². The van der Waals surface area contributed by atoms with Gasteiger partial charge < -0.3 is 11.1 Å². The van der Waals surface area contributed by atoms with Crippen molar-refractivity contribution < 1.29 is 9.18 Å². The summed E-state index contributed by atoms with van der Waals surface area (Å²) in [5.74, 6) is -0.805. The predicted molar refractivity (Wildman–Crippen MR) is 81.1 cm³/mol. The molecule has 0 aliphatic carbocycles. The van der Waals surface area contributed by atoms with Gasteiger partial charge in [0.2, 0.25) is 5.91 Å². The fraction of sp³-hybridized carbons (Fsp3) is 0.0714.